The predicted molar refractivity (Wildman–Crippen MR) is 144 cm³/mol. The fourth-order valence-corrected chi connectivity index (χ4v) is 5.93. The predicted octanol–water partition coefficient (Wildman–Crippen LogP) is 3.71. The lowest BCUT2D eigenvalue weighted by atomic mass is 9.94. The van der Waals surface area contributed by atoms with Gasteiger partial charge in [0.05, 0.1) is 18.8 Å². The number of nitrogens with zero attached hydrogens (tertiary/aromatic N) is 4. The number of nitrogens with one attached hydrogen (secondary N) is 2. The maximum atomic E-state index is 12.9. The molecule has 0 bridgehead atoms. The van der Waals surface area contributed by atoms with Gasteiger partial charge in [0.25, 0.3) is 5.91 Å². The third kappa shape index (κ3) is 5.42. The van der Waals surface area contributed by atoms with Crippen LogP contribution in [-0.4, -0.2) is 71.9 Å². The van der Waals surface area contributed by atoms with Crippen LogP contribution in [0.4, 0.5) is 17.5 Å². The van der Waals surface area contributed by atoms with E-state index >= 15 is 0 Å². The van der Waals surface area contributed by atoms with Gasteiger partial charge in [-0.2, -0.15) is 4.98 Å². The molecule has 1 aliphatic carbocycles. The third-order valence-electron chi connectivity index (χ3n) is 8.03. The Morgan fingerprint density at radius 3 is 2.62 bits per heavy atom. The molecule has 3 heterocycles. The summed E-state index contributed by atoms with van der Waals surface area (Å²) < 4.78 is 5.62. The van der Waals surface area contributed by atoms with Crippen molar-refractivity contribution < 1.29 is 14.3 Å². The summed E-state index contributed by atoms with van der Waals surface area (Å²) in [6.45, 7) is 4.05. The van der Waals surface area contributed by atoms with Crippen LogP contribution in [0.2, 0.25) is 0 Å². The van der Waals surface area contributed by atoms with E-state index in [1.165, 1.54) is 12.8 Å². The molecule has 1 saturated heterocycles. The molecule has 2 aliphatic heterocycles. The second-order valence-electron chi connectivity index (χ2n) is 10.5. The molecule has 1 amide bonds. The number of ether oxygens (including phenoxy) is 1. The number of rotatable bonds is 7. The number of aromatic nitrogens is 2. The highest BCUT2D eigenvalue weighted by Gasteiger charge is 2.38. The molecule has 198 valence electrons. The summed E-state index contributed by atoms with van der Waals surface area (Å²) in [5, 5.41) is 6.44. The molecule has 1 aromatic carbocycles. The number of ketones is 1. The van der Waals surface area contributed by atoms with Crippen LogP contribution < -0.4 is 20.3 Å². The van der Waals surface area contributed by atoms with Gasteiger partial charge in [0, 0.05) is 35.8 Å². The van der Waals surface area contributed by atoms with Gasteiger partial charge in [-0.3, -0.25) is 9.59 Å². The van der Waals surface area contributed by atoms with Gasteiger partial charge < -0.3 is 25.2 Å². The summed E-state index contributed by atoms with van der Waals surface area (Å²) in [4.78, 5) is 39.7. The lowest BCUT2D eigenvalue weighted by molar-refractivity contribution is -0.120. The third-order valence-corrected chi connectivity index (χ3v) is 8.03. The fraction of sp³-hybridized carbons (Fsp3) is 0.571. The summed E-state index contributed by atoms with van der Waals surface area (Å²) in [5.41, 5.74) is 2.13. The lowest BCUT2D eigenvalue weighted by Crippen LogP contribution is -2.50. The Kier molecular flexibility index (Phi) is 7.60. The van der Waals surface area contributed by atoms with Crippen LogP contribution in [0.5, 0.6) is 5.75 Å². The van der Waals surface area contributed by atoms with Gasteiger partial charge >= 0.3 is 0 Å². The van der Waals surface area contributed by atoms with Crippen molar-refractivity contribution in [3.63, 3.8) is 0 Å². The monoisotopic (exact) mass is 506 g/mol. The molecule has 3 aliphatic rings. The van der Waals surface area contributed by atoms with E-state index in [0.29, 0.717) is 35.4 Å². The SMILES string of the molecule is CC[C@@H]1C(=O)Cc2cnc(Nc3ccc(C(=O)NC4CCN(C)CC4)cc3OC)nc2N1C1CCCC1. The van der Waals surface area contributed by atoms with E-state index in [-0.39, 0.29) is 23.8 Å². The Morgan fingerprint density at radius 1 is 1.16 bits per heavy atom. The van der Waals surface area contributed by atoms with Crippen LogP contribution in [-0.2, 0) is 11.2 Å². The van der Waals surface area contributed by atoms with Crippen LogP contribution in [0.1, 0.15) is 67.8 Å². The van der Waals surface area contributed by atoms with Crippen LogP contribution >= 0.6 is 0 Å². The van der Waals surface area contributed by atoms with E-state index in [9.17, 15) is 9.59 Å². The molecule has 9 heteroatoms. The number of benzene rings is 1. The first-order valence-corrected chi connectivity index (χ1v) is 13.6. The first kappa shape index (κ1) is 25.4. The standard InChI is InChI=1S/C28H38N6O3/c1-4-23-24(35)15-19-17-29-28(32-26(19)34(23)21-7-5-6-8-21)31-22-10-9-18(16-25(22)37-3)27(36)30-20-11-13-33(2)14-12-20/h9-10,16-17,20-21,23H,4-8,11-15H2,1-3H3,(H,30,36)(H,29,31,32)/t23-/m1/s1. The minimum atomic E-state index is -0.129. The summed E-state index contributed by atoms with van der Waals surface area (Å²) in [7, 11) is 3.70. The Balaban J connectivity index is 1.35. The van der Waals surface area contributed by atoms with Crippen LogP contribution in [0, 0.1) is 0 Å². The molecule has 2 fully saturated rings. The summed E-state index contributed by atoms with van der Waals surface area (Å²) in [5.74, 6) is 2.03. The molecule has 1 atom stereocenters. The molecule has 37 heavy (non-hydrogen) atoms. The van der Waals surface area contributed by atoms with Crippen molar-refractivity contribution in [2.24, 2.45) is 0 Å². The van der Waals surface area contributed by atoms with E-state index in [0.717, 1.165) is 56.6 Å². The quantitative estimate of drug-likeness (QED) is 0.586. The zero-order valence-corrected chi connectivity index (χ0v) is 22.1. The number of carbonyl (C=O) groups excluding carboxylic acids is 2. The van der Waals surface area contributed by atoms with Crippen molar-refractivity contribution in [3.8, 4) is 5.75 Å². The summed E-state index contributed by atoms with van der Waals surface area (Å²) in [6, 6.07) is 5.78. The van der Waals surface area contributed by atoms with Gasteiger partial charge in [-0.15, -0.1) is 0 Å². The normalized spacial score (nSPS) is 21.1. The van der Waals surface area contributed by atoms with Crippen molar-refractivity contribution in [2.75, 3.05) is 37.5 Å². The molecule has 2 aromatic rings. The second kappa shape index (κ2) is 11.0. The molecule has 5 rings (SSSR count). The first-order chi connectivity index (χ1) is 18.0. The van der Waals surface area contributed by atoms with Gasteiger partial charge in [-0.25, -0.2) is 4.98 Å². The second-order valence-corrected chi connectivity index (χ2v) is 10.5. The Hall–Kier alpha value is -3.20. The molecule has 0 radical (unpaired) electrons. The fourth-order valence-electron chi connectivity index (χ4n) is 5.93. The number of likely N-dealkylation sites (tertiary alicyclic amines) is 1. The van der Waals surface area contributed by atoms with E-state index in [4.69, 9.17) is 9.72 Å². The number of amides is 1. The minimum Gasteiger partial charge on any atom is -0.495 e. The van der Waals surface area contributed by atoms with E-state index in [2.05, 4.69) is 39.4 Å². The largest absolute Gasteiger partial charge is 0.495 e. The number of hydrogen-bond donors (Lipinski definition) is 2. The average Bonchev–Trinajstić information content (AvgIpc) is 3.44. The molecular weight excluding hydrogens is 468 g/mol. The topological polar surface area (TPSA) is 99.7 Å². The van der Waals surface area contributed by atoms with Gasteiger partial charge in [-0.05, 0) is 70.4 Å². The summed E-state index contributed by atoms with van der Waals surface area (Å²) >= 11 is 0. The Morgan fingerprint density at radius 2 is 1.92 bits per heavy atom. The Labute approximate surface area is 219 Å². The van der Waals surface area contributed by atoms with Crippen molar-refractivity contribution >= 4 is 29.1 Å². The molecule has 9 nitrogen and oxygen atoms in total. The number of carbonyl (C=O) groups is 2. The molecule has 0 unspecified atom stereocenters. The number of piperidine rings is 1. The molecule has 1 saturated carbocycles. The molecule has 1 aromatic heterocycles. The van der Waals surface area contributed by atoms with Crippen LogP contribution in [0.15, 0.2) is 24.4 Å². The highest BCUT2D eigenvalue weighted by Crippen LogP contribution is 2.37. The number of hydrogen-bond acceptors (Lipinski definition) is 8. The van der Waals surface area contributed by atoms with Crippen LogP contribution in [0.3, 0.4) is 0 Å². The number of anilines is 3. The smallest absolute Gasteiger partial charge is 0.251 e. The number of Topliss-reactive ketones (excluding diaryl/α,β-unsaturated/α-hetero) is 1. The van der Waals surface area contributed by atoms with E-state index in [1.807, 2.05) is 6.07 Å². The van der Waals surface area contributed by atoms with Gasteiger partial charge in [0.15, 0.2) is 5.78 Å². The lowest BCUT2D eigenvalue weighted by Gasteiger charge is -2.40. The van der Waals surface area contributed by atoms with Gasteiger partial charge in [0.2, 0.25) is 5.95 Å². The first-order valence-electron chi connectivity index (χ1n) is 13.6. The molecule has 2 N–H and O–H groups in total. The number of methoxy groups -OCH3 is 1. The number of fused-ring (bicyclic) bond motifs is 1. The Bertz CT molecular complexity index is 1140. The zero-order valence-electron chi connectivity index (χ0n) is 22.1. The van der Waals surface area contributed by atoms with Gasteiger partial charge in [-0.1, -0.05) is 19.8 Å². The highest BCUT2D eigenvalue weighted by atomic mass is 16.5. The minimum absolute atomic E-state index is 0.0908. The highest BCUT2D eigenvalue weighted by molar-refractivity contribution is 5.96. The zero-order chi connectivity index (χ0) is 25.9. The van der Waals surface area contributed by atoms with Crippen molar-refractivity contribution in [1.29, 1.82) is 0 Å². The van der Waals surface area contributed by atoms with Crippen LogP contribution in [0.25, 0.3) is 0 Å². The molecular formula is C28H38N6O3. The molecule has 0 spiro atoms. The van der Waals surface area contributed by atoms with E-state index < -0.39 is 0 Å². The van der Waals surface area contributed by atoms with Gasteiger partial charge in [0.1, 0.15) is 11.6 Å². The van der Waals surface area contributed by atoms with Crippen molar-refractivity contribution in [1.82, 2.24) is 20.2 Å². The average molecular weight is 507 g/mol. The summed E-state index contributed by atoms with van der Waals surface area (Å²) in [6.07, 6.45) is 9.38. The maximum absolute atomic E-state index is 12.9. The maximum Gasteiger partial charge on any atom is 0.251 e. The van der Waals surface area contributed by atoms with Crippen molar-refractivity contribution in [2.45, 2.75) is 76.4 Å². The van der Waals surface area contributed by atoms with E-state index in [1.54, 1.807) is 25.4 Å². The van der Waals surface area contributed by atoms with Crippen molar-refractivity contribution in [3.05, 3.63) is 35.5 Å².